The third kappa shape index (κ3) is 2.07. The number of hydrogen-bond donors (Lipinski definition) is 0. The molecule has 2 heterocycles. The van der Waals surface area contributed by atoms with Gasteiger partial charge in [-0.05, 0) is 43.5 Å². The van der Waals surface area contributed by atoms with Crippen LogP contribution in [0.4, 0.5) is 0 Å². The summed E-state index contributed by atoms with van der Waals surface area (Å²) in [6, 6.07) is 17.0. The molecule has 1 aromatic heterocycles. The van der Waals surface area contributed by atoms with E-state index in [4.69, 9.17) is 9.82 Å². The van der Waals surface area contributed by atoms with E-state index in [1.807, 2.05) is 12.3 Å². The Labute approximate surface area is 153 Å². The molecular formula is C23H20N2O. The summed E-state index contributed by atoms with van der Waals surface area (Å²) in [7, 11) is 0. The van der Waals surface area contributed by atoms with Gasteiger partial charge in [-0.25, -0.2) is 0 Å². The molecule has 1 aliphatic heterocycles. The van der Waals surface area contributed by atoms with Gasteiger partial charge in [0.2, 0.25) is 0 Å². The van der Waals surface area contributed by atoms with Crippen molar-refractivity contribution in [3.05, 3.63) is 88.1 Å². The lowest BCUT2D eigenvalue weighted by atomic mass is 9.74. The van der Waals surface area contributed by atoms with Crippen molar-refractivity contribution in [2.75, 3.05) is 0 Å². The molecule has 0 spiro atoms. The predicted molar refractivity (Wildman–Crippen MR) is 103 cm³/mol. The molecule has 3 heteroatoms. The van der Waals surface area contributed by atoms with E-state index in [9.17, 15) is 0 Å². The maximum Gasteiger partial charge on any atom is 0.165 e. The van der Waals surface area contributed by atoms with Crippen LogP contribution in [0.3, 0.4) is 0 Å². The summed E-state index contributed by atoms with van der Waals surface area (Å²) in [5.41, 5.74) is 10.6. The Balaban J connectivity index is 1.74. The number of aromatic nitrogens is 1. The first-order valence-corrected chi connectivity index (χ1v) is 9.01. The second kappa shape index (κ2) is 5.53. The van der Waals surface area contributed by atoms with Gasteiger partial charge >= 0.3 is 0 Å². The normalized spacial score (nSPS) is 19.9. The fraction of sp³-hybridized carbons (Fsp3) is 0.217. The molecule has 0 amide bonds. The molecule has 2 aromatic carbocycles. The lowest BCUT2D eigenvalue weighted by Crippen LogP contribution is -2.23. The molecule has 0 saturated carbocycles. The molecule has 2 aliphatic rings. The quantitative estimate of drug-likeness (QED) is 0.606. The summed E-state index contributed by atoms with van der Waals surface area (Å²) in [6.07, 6.45) is 1.78. The Morgan fingerprint density at radius 2 is 1.62 bits per heavy atom. The molecule has 0 saturated heterocycles. The van der Waals surface area contributed by atoms with E-state index < -0.39 is 0 Å². The molecule has 0 bridgehead atoms. The third-order valence-corrected chi connectivity index (χ3v) is 5.49. The van der Waals surface area contributed by atoms with Crippen LogP contribution < -0.4 is 0 Å². The second-order valence-electron chi connectivity index (χ2n) is 7.28. The highest BCUT2D eigenvalue weighted by Gasteiger charge is 2.44. The number of aryl methyl sites for hydroxylation is 3. The van der Waals surface area contributed by atoms with Gasteiger partial charge in [-0.1, -0.05) is 53.2 Å². The van der Waals surface area contributed by atoms with Crippen LogP contribution >= 0.6 is 0 Å². The molecule has 3 aromatic rings. The Morgan fingerprint density at radius 1 is 0.885 bits per heavy atom. The van der Waals surface area contributed by atoms with Crippen LogP contribution in [0, 0.1) is 20.8 Å². The monoisotopic (exact) mass is 340 g/mol. The minimum absolute atomic E-state index is 0.0775. The fourth-order valence-electron chi connectivity index (χ4n) is 4.56. The van der Waals surface area contributed by atoms with Gasteiger partial charge < -0.3 is 4.84 Å². The van der Waals surface area contributed by atoms with Crippen molar-refractivity contribution in [1.82, 2.24) is 4.98 Å². The maximum atomic E-state index is 6.01. The van der Waals surface area contributed by atoms with Gasteiger partial charge in [0.05, 0.1) is 17.3 Å². The molecule has 2 atom stereocenters. The van der Waals surface area contributed by atoms with E-state index in [0.717, 1.165) is 17.0 Å². The lowest BCUT2D eigenvalue weighted by Gasteiger charge is -2.29. The number of hydrogen-bond acceptors (Lipinski definition) is 3. The summed E-state index contributed by atoms with van der Waals surface area (Å²) in [5, 5.41) is 4.59. The Hall–Kier alpha value is -2.94. The number of benzene rings is 2. The standard InChI is InChI=1S/C23H20N2O/c1-13-11-14(2)19(15(3)12-13)22-20-18-9-6-10-24-21(18)16-7-4-5-8-17(16)23(20)26-25-22/h4-12,20,23H,1-3H3/t20-,23-/m1/s1. The van der Waals surface area contributed by atoms with Crippen molar-refractivity contribution < 1.29 is 4.84 Å². The highest BCUT2D eigenvalue weighted by Crippen LogP contribution is 2.51. The minimum atomic E-state index is -0.0852. The molecule has 5 rings (SSSR count). The van der Waals surface area contributed by atoms with E-state index in [-0.39, 0.29) is 12.0 Å². The van der Waals surface area contributed by atoms with Gasteiger partial charge in [-0.15, -0.1) is 0 Å². The van der Waals surface area contributed by atoms with Crippen LogP contribution in [0.15, 0.2) is 59.9 Å². The van der Waals surface area contributed by atoms with Gasteiger partial charge in [0.1, 0.15) is 0 Å². The van der Waals surface area contributed by atoms with E-state index in [0.29, 0.717) is 0 Å². The van der Waals surface area contributed by atoms with Crippen molar-refractivity contribution in [3.63, 3.8) is 0 Å². The van der Waals surface area contributed by atoms with Gasteiger partial charge in [-0.3, -0.25) is 4.98 Å². The average molecular weight is 340 g/mol. The van der Waals surface area contributed by atoms with E-state index in [1.165, 1.54) is 33.4 Å². The van der Waals surface area contributed by atoms with E-state index in [1.54, 1.807) is 0 Å². The zero-order valence-electron chi connectivity index (χ0n) is 15.2. The number of rotatable bonds is 1. The summed E-state index contributed by atoms with van der Waals surface area (Å²) >= 11 is 0. The Kier molecular flexibility index (Phi) is 3.26. The van der Waals surface area contributed by atoms with Crippen LogP contribution in [0.1, 0.15) is 45.4 Å². The average Bonchev–Trinajstić information content (AvgIpc) is 3.06. The minimum Gasteiger partial charge on any atom is -0.386 e. The molecule has 0 unspecified atom stereocenters. The van der Waals surface area contributed by atoms with Crippen LogP contribution in [0.25, 0.3) is 11.3 Å². The van der Waals surface area contributed by atoms with Crippen LogP contribution in [-0.2, 0) is 4.84 Å². The molecule has 0 N–H and O–H groups in total. The Bertz CT molecular complexity index is 1040. The SMILES string of the molecule is Cc1cc(C)c(C2=NO[C@@H]3c4ccccc4-c4ncccc4[C@H]23)c(C)c1. The molecular weight excluding hydrogens is 320 g/mol. The maximum absolute atomic E-state index is 6.01. The van der Waals surface area contributed by atoms with Crippen molar-refractivity contribution in [2.24, 2.45) is 5.16 Å². The Morgan fingerprint density at radius 3 is 2.42 bits per heavy atom. The number of fused-ring (bicyclic) bond motifs is 6. The van der Waals surface area contributed by atoms with E-state index in [2.05, 4.69) is 68.4 Å². The number of oxime groups is 1. The number of pyridine rings is 1. The molecule has 3 nitrogen and oxygen atoms in total. The van der Waals surface area contributed by atoms with Crippen LogP contribution in [-0.4, -0.2) is 10.7 Å². The van der Waals surface area contributed by atoms with Crippen molar-refractivity contribution in [1.29, 1.82) is 0 Å². The largest absolute Gasteiger partial charge is 0.386 e. The van der Waals surface area contributed by atoms with Crippen molar-refractivity contribution >= 4 is 5.71 Å². The summed E-state index contributed by atoms with van der Waals surface area (Å²) in [6.45, 7) is 6.45. The van der Waals surface area contributed by atoms with Crippen molar-refractivity contribution in [3.8, 4) is 11.3 Å². The third-order valence-electron chi connectivity index (χ3n) is 5.49. The van der Waals surface area contributed by atoms with Crippen LogP contribution in [0.5, 0.6) is 0 Å². The molecule has 26 heavy (non-hydrogen) atoms. The number of nitrogens with zero attached hydrogens (tertiary/aromatic N) is 2. The molecule has 128 valence electrons. The first-order valence-electron chi connectivity index (χ1n) is 9.01. The zero-order valence-corrected chi connectivity index (χ0v) is 15.2. The summed E-state index contributed by atoms with van der Waals surface area (Å²) in [5.74, 6) is 0.0775. The first-order chi connectivity index (χ1) is 12.6. The van der Waals surface area contributed by atoms with Gasteiger partial charge in [0.25, 0.3) is 0 Å². The highest BCUT2D eigenvalue weighted by atomic mass is 16.6. The smallest absolute Gasteiger partial charge is 0.165 e. The fourth-order valence-corrected chi connectivity index (χ4v) is 4.56. The summed E-state index contributed by atoms with van der Waals surface area (Å²) in [4.78, 5) is 10.7. The van der Waals surface area contributed by atoms with Gasteiger partial charge in [0, 0.05) is 22.9 Å². The van der Waals surface area contributed by atoms with Gasteiger partial charge in [0.15, 0.2) is 6.10 Å². The second-order valence-corrected chi connectivity index (χ2v) is 7.28. The molecule has 1 aliphatic carbocycles. The lowest BCUT2D eigenvalue weighted by molar-refractivity contribution is 0.0755. The molecule has 0 radical (unpaired) electrons. The predicted octanol–water partition coefficient (Wildman–Crippen LogP) is 5.25. The van der Waals surface area contributed by atoms with Gasteiger partial charge in [-0.2, -0.15) is 0 Å². The van der Waals surface area contributed by atoms with Crippen LogP contribution in [0.2, 0.25) is 0 Å². The van der Waals surface area contributed by atoms with Crippen molar-refractivity contribution in [2.45, 2.75) is 32.8 Å². The first kappa shape index (κ1) is 15.3. The highest BCUT2D eigenvalue weighted by molar-refractivity contribution is 6.09. The summed E-state index contributed by atoms with van der Waals surface area (Å²) < 4.78 is 0. The molecule has 0 fully saturated rings. The topological polar surface area (TPSA) is 34.5 Å². The van der Waals surface area contributed by atoms with E-state index >= 15 is 0 Å². The zero-order chi connectivity index (χ0) is 17.8.